The highest BCUT2D eigenvalue weighted by Crippen LogP contribution is 2.31. The molecule has 11 heteroatoms. The number of nitrogen functional groups attached to an aromatic ring is 1. The molecule has 33 heavy (non-hydrogen) atoms. The van der Waals surface area contributed by atoms with Crippen molar-refractivity contribution in [3.63, 3.8) is 0 Å². The maximum absolute atomic E-state index is 14.3. The molecule has 0 radical (unpaired) electrons. The second-order valence-electron chi connectivity index (χ2n) is 7.79. The number of alkyl halides is 1. The molecule has 0 bridgehead atoms. The quantitative estimate of drug-likeness (QED) is 0.406. The van der Waals surface area contributed by atoms with Crippen molar-refractivity contribution in [1.82, 2.24) is 24.4 Å². The summed E-state index contributed by atoms with van der Waals surface area (Å²) in [6, 6.07) is 11.6. The molecule has 4 aromatic rings. The summed E-state index contributed by atoms with van der Waals surface area (Å²) in [5, 5.41) is 4.14. The summed E-state index contributed by atoms with van der Waals surface area (Å²) in [4.78, 5) is 40.0. The minimum Gasteiger partial charge on any atom is -0.383 e. The van der Waals surface area contributed by atoms with E-state index in [0.717, 1.165) is 10.9 Å². The molecule has 9 nitrogen and oxygen atoms in total. The Kier molecular flexibility index (Phi) is 5.41. The van der Waals surface area contributed by atoms with Crippen molar-refractivity contribution in [3.05, 3.63) is 53.4 Å². The summed E-state index contributed by atoms with van der Waals surface area (Å²) >= 11 is 3.25. The van der Waals surface area contributed by atoms with Crippen LogP contribution in [0, 0.1) is 0 Å². The topological polar surface area (TPSA) is 119 Å². The molecule has 1 aliphatic heterocycles. The van der Waals surface area contributed by atoms with Gasteiger partial charge >= 0.3 is 0 Å². The smallest absolute Gasteiger partial charge is 0.248 e. The lowest BCUT2D eigenvalue weighted by atomic mass is 10.2. The van der Waals surface area contributed by atoms with Gasteiger partial charge in [-0.05, 0) is 34.1 Å². The number of halogens is 2. The molecule has 4 heterocycles. The van der Waals surface area contributed by atoms with Crippen LogP contribution in [0.2, 0.25) is 0 Å². The lowest BCUT2D eigenvalue weighted by Crippen LogP contribution is -2.44. The Bertz CT molecular complexity index is 1390. The number of nitrogens with two attached hydrogens (primary N) is 1. The van der Waals surface area contributed by atoms with Crippen LogP contribution in [-0.4, -0.2) is 55.0 Å². The SMILES string of the molecule is Nc1ncnc2c1c1ccccc1n2CC(=O)N1C[C@H](F)C[C@@H]1C(=O)Nc1cccc(Br)n1. The Morgan fingerprint density at radius 3 is 2.82 bits per heavy atom. The van der Waals surface area contributed by atoms with Crippen LogP contribution in [0.5, 0.6) is 0 Å². The Morgan fingerprint density at radius 1 is 1.18 bits per heavy atom. The van der Waals surface area contributed by atoms with E-state index in [2.05, 4.69) is 36.2 Å². The molecular weight excluding hydrogens is 493 g/mol. The van der Waals surface area contributed by atoms with Crippen molar-refractivity contribution in [3.8, 4) is 0 Å². The van der Waals surface area contributed by atoms with Crippen molar-refractivity contribution in [2.75, 3.05) is 17.6 Å². The van der Waals surface area contributed by atoms with Gasteiger partial charge in [-0.2, -0.15) is 0 Å². The van der Waals surface area contributed by atoms with Gasteiger partial charge in [0, 0.05) is 11.8 Å². The van der Waals surface area contributed by atoms with E-state index >= 15 is 0 Å². The summed E-state index contributed by atoms with van der Waals surface area (Å²) in [5.74, 6) is -0.245. The third-order valence-electron chi connectivity index (χ3n) is 5.71. The summed E-state index contributed by atoms with van der Waals surface area (Å²) in [7, 11) is 0. The predicted octanol–water partition coefficient (Wildman–Crippen LogP) is 2.90. The molecule has 1 fully saturated rings. The molecule has 5 rings (SSSR count). The van der Waals surface area contributed by atoms with Gasteiger partial charge in [-0.3, -0.25) is 9.59 Å². The van der Waals surface area contributed by atoms with E-state index < -0.39 is 24.0 Å². The van der Waals surface area contributed by atoms with Gasteiger partial charge in [0.05, 0.1) is 17.4 Å². The zero-order valence-corrected chi connectivity index (χ0v) is 18.9. The number of anilines is 2. The van der Waals surface area contributed by atoms with Crippen molar-refractivity contribution >= 4 is 61.3 Å². The standard InChI is InChI=1S/C22H19BrFN7O2/c23-16-6-3-7-17(28-16)29-22(33)15-8-12(24)9-30(15)18(32)10-31-14-5-2-1-4-13(14)19-20(25)26-11-27-21(19)31/h1-7,11-12,15H,8-10H2,(H2,25,26,27)(H,28,29,33)/t12-,15-/m1/s1. The van der Waals surface area contributed by atoms with Crippen molar-refractivity contribution in [1.29, 1.82) is 0 Å². The van der Waals surface area contributed by atoms with E-state index in [1.54, 1.807) is 22.8 Å². The fourth-order valence-corrected chi connectivity index (χ4v) is 4.61. The largest absolute Gasteiger partial charge is 0.383 e. The fourth-order valence-electron chi connectivity index (χ4n) is 4.27. The van der Waals surface area contributed by atoms with Gasteiger partial charge in [-0.25, -0.2) is 19.3 Å². The number of carbonyl (C=O) groups is 2. The molecule has 168 valence electrons. The molecule has 1 saturated heterocycles. The highest BCUT2D eigenvalue weighted by atomic mass is 79.9. The number of para-hydroxylation sites is 1. The molecule has 2 amide bonds. The van der Waals surface area contributed by atoms with E-state index in [-0.39, 0.29) is 19.5 Å². The van der Waals surface area contributed by atoms with Crippen LogP contribution in [0.1, 0.15) is 6.42 Å². The number of fused-ring (bicyclic) bond motifs is 3. The van der Waals surface area contributed by atoms with Crippen LogP contribution >= 0.6 is 15.9 Å². The number of carbonyl (C=O) groups excluding carboxylic acids is 2. The summed E-state index contributed by atoms with van der Waals surface area (Å²) in [6.07, 6.45) is -0.0311. The van der Waals surface area contributed by atoms with Crippen LogP contribution < -0.4 is 11.1 Å². The van der Waals surface area contributed by atoms with Gasteiger partial charge in [-0.1, -0.05) is 24.3 Å². The molecule has 3 aromatic heterocycles. The minimum atomic E-state index is -1.30. The second-order valence-corrected chi connectivity index (χ2v) is 8.60. The van der Waals surface area contributed by atoms with E-state index in [1.807, 2.05) is 24.3 Å². The third kappa shape index (κ3) is 3.88. The van der Waals surface area contributed by atoms with Gasteiger partial charge in [0.25, 0.3) is 0 Å². The first-order valence-electron chi connectivity index (χ1n) is 10.3. The number of benzene rings is 1. The zero-order chi connectivity index (χ0) is 23.1. The Hall–Kier alpha value is -3.60. The average Bonchev–Trinajstić information content (AvgIpc) is 3.33. The average molecular weight is 512 g/mol. The van der Waals surface area contributed by atoms with E-state index in [1.165, 1.54) is 11.2 Å². The van der Waals surface area contributed by atoms with Crippen LogP contribution in [0.15, 0.2) is 53.4 Å². The number of aromatic nitrogens is 4. The summed E-state index contributed by atoms with van der Waals surface area (Å²) < 4.78 is 16.6. The number of likely N-dealkylation sites (tertiary alicyclic amines) is 1. The zero-order valence-electron chi connectivity index (χ0n) is 17.3. The highest BCUT2D eigenvalue weighted by Gasteiger charge is 2.40. The van der Waals surface area contributed by atoms with Crippen molar-refractivity contribution in [2.24, 2.45) is 0 Å². The van der Waals surface area contributed by atoms with Crippen LogP contribution in [0.4, 0.5) is 16.0 Å². The number of pyridine rings is 1. The van der Waals surface area contributed by atoms with Crippen LogP contribution in [0.3, 0.4) is 0 Å². The first-order valence-corrected chi connectivity index (χ1v) is 11.1. The fraction of sp³-hybridized carbons (Fsp3) is 0.227. The Balaban J connectivity index is 1.44. The lowest BCUT2D eigenvalue weighted by Gasteiger charge is -2.24. The van der Waals surface area contributed by atoms with Gasteiger partial charge in [0.2, 0.25) is 11.8 Å². The van der Waals surface area contributed by atoms with Crippen molar-refractivity contribution in [2.45, 2.75) is 25.2 Å². The molecule has 3 N–H and O–H groups in total. The molecule has 1 aromatic carbocycles. The molecular formula is C22H19BrFN7O2. The Morgan fingerprint density at radius 2 is 2.00 bits per heavy atom. The van der Waals surface area contributed by atoms with E-state index in [9.17, 15) is 14.0 Å². The molecule has 0 unspecified atom stereocenters. The molecule has 1 aliphatic rings. The summed E-state index contributed by atoms with van der Waals surface area (Å²) in [6.45, 7) is -0.275. The van der Waals surface area contributed by atoms with Crippen LogP contribution in [0.25, 0.3) is 21.9 Å². The molecule has 0 aliphatic carbocycles. The second kappa shape index (κ2) is 8.39. The lowest BCUT2D eigenvalue weighted by molar-refractivity contribution is -0.137. The van der Waals surface area contributed by atoms with Crippen molar-refractivity contribution < 1.29 is 14.0 Å². The number of hydrogen-bond donors (Lipinski definition) is 2. The number of nitrogens with one attached hydrogen (secondary N) is 1. The van der Waals surface area contributed by atoms with Gasteiger partial charge in [-0.15, -0.1) is 0 Å². The Labute approximate surface area is 195 Å². The number of amides is 2. The number of hydrogen-bond acceptors (Lipinski definition) is 6. The normalized spacial score (nSPS) is 18.2. The van der Waals surface area contributed by atoms with E-state index in [4.69, 9.17) is 5.73 Å². The first-order chi connectivity index (χ1) is 15.9. The van der Waals surface area contributed by atoms with Gasteiger partial charge < -0.3 is 20.5 Å². The van der Waals surface area contributed by atoms with Gasteiger partial charge in [0.15, 0.2) is 0 Å². The first kappa shape index (κ1) is 21.3. The summed E-state index contributed by atoms with van der Waals surface area (Å²) in [5.41, 5.74) is 7.34. The number of rotatable bonds is 4. The van der Waals surface area contributed by atoms with Crippen LogP contribution in [-0.2, 0) is 16.1 Å². The molecule has 0 spiro atoms. The minimum absolute atomic E-state index is 0.0755. The molecule has 0 saturated carbocycles. The third-order valence-corrected chi connectivity index (χ3v) is 6.15. The molecule has 2 atom stereocenters. The highest BCUT2D eigenvalue weighted by molar-refractivity contribution is 9.10. The monoisotopic (exact) mass is 511 g/mol. The predicted molar refractivity (Wildman–Crippen MR) is 125 cm³/mol. The van der Waals surface area contributed by atoms with E-state index in [0.29, 0.717) is 27.3 Å². The maximum Gasteiger partial charge on any atom is 0.248 e. The maximum atomic E-state index is 14.3. The number of nitrogens with zero attached hydrogens (tertiary/aromatic N) is 5. The van der Waals surface area contributed by atoms with Gasteiger partial charge in [0.1, 0.15) is 47.0 Å².